The van der Waals surface area contributed by atoms with Gasteiger partial charge in [-0.05, 0) is 6.08 Å². The molecule has 1 aliphatic rings. The van der Waals surface area contributed by atoms with Crippen LogP contribution in [0, 0.1) is 0 Å². The average molecular weight is 332 g/mol. The lowest BCUT2D eigenvalue weighted by molar-refractivity contribution is -0.388. The van der Waals surface area contributed by atoms with E-state index in [0.29, 0.717) is 6.61 Å². The molecule has 11 heteroatoms. The first kappa shape index (κ1) is 18.1. The molecule has 1 aliphatic heterocycles. The van der Waals surface area contributed by atoms with Crippen molar-refractivity contribution in [3.05, 3.63) is 12.2 Å². The summed E-state index contributed by atoms with van der Waals surface area (Å²) in [6.07, 6.45) is -7.56. The number of halogens is 9. The topological polar surface area (TPSA) is 21.8 Å². The Labute approximate surface area is 112 Å². The number of hydrogen-bond donors (Lipinski definition) is 0. The number of hydrogen-bond acceptors (Lipinski definition) is 2. The van der Waals surface area contributed by atoms with Crippen molar-refractivity contribution in [1.82, 2.24) is 0 Å². The van der Waals surface area contributed by atoms with Crippen LogP contribution in [0.4, 0.5) is 39.5 Å². The molecule has 0 aliphatic carbocycles. The maximum Gasteiger partial charge on any atom is 0.460 e. The summed E-state index contributed by atoms with van der Waals surface area (Å²) in [5.74, 6) is -19.2. The Kier molecular flexibility index (Phi) is 4.88. The first-order valence-corrected chi connectivity index (χ1v) is 5.40. The summed E-state index contributed by atoms with van der Waals surface area (Å²) in [5.41, 5.74) is 0. The molecule has 0 radical (unpaired) electrons. The van der Waals surface area contributed by atoms with E-state index in [1.807, 2.05) is 0 Å². The summed E-state index contributed by atoms with van der Waals surface area (Å²) >= 11 is 0. The van der Waals surface area contributed by atoms with Crippen molar-refractivity contribution in [1.29, 1.82) is 0 Å². The van der Waals surface area contributed by atoms with Gasteiger partial charge in [-0.2, -0.15) is 39.5 Å². The molecular weight excluding hydrogens is 323 g/mol. The van der Waals surface area contributed by atoms with Crippen molar-refractivity contribution in [3.8, 4) is 0 Å². The van der Waals surface area contributed by atoms with Gasteiger partial charge in [-0.1, -0.05) is 6.08 Å². The van der Waals surface area contributed by atoms with Crippen LogP contribution >= 0.6 is 0 Å². The molecule has 0 N–H and O–H groups in total. The third-order valence-electron chi connectivity index (χ3n) is 2.42. The number of alkyl halides is 9. The van der Waals surface area contributed by atoms with Crippen molar-refractivity contribution in [2.75, 3.05) is 19.8 Å². The summed E-state index contributed by atoms with van der Waals surface area (Å²) < 4.78 is 121. The van der Waals surface area contributed by atoms with Gasteiger partial charge in [0.2, 0.25) is 0 Å². The molecule has 0 amide bonds. The van der Waals surface area contributed by atoms with E-state index in [4.69, 9.17) is 0 Å². The molecule has 0 saturated carbocycles. The predicted molar refractivity (Wildman–Crippen MR) is 50.6 cm³/mol. The van der Waals surface area contributed by atoms with Gasteiger partial charge in [0.25, 0.3) is 0 Å². The van der Waals surface area contributed by atoms with Crippen LogP contribution in [-0.2, 0) is 9.47 Å². The number of epoxide rings is 1. The summed E-state index contributed by atoms with van der Waals surface area (Å²) in [5, 5.41) is 0. The van der Waals surface area contributed by atoms with Crippen LogP contribution in [0.3, 0.4) is 0 Å². The smallest absolute Gasteiger partial charge is 0.375 e. The molecule has 21 heavy (non-hydrogen) atoms. The highest BCUT2D eigenvalue weighted by Crippen LogP contribution is 2.53. The highest BCUT2D eigenvalue weighted by molar-refractivity contribution is 5.10. The Morgan fingerprint density at radius 2 is 1.48 bits per heavy atom. The fourth-order valence-corrected chi connectivity index (χ4v) is 1.12. The Balaban J connectivity index is 2.70. The second-order valence-electron chi connectivity index (χ2n) is 4.16. The van der Waals surface area contributed by atoms with E-state index in [2.05, 4.69) is 9.47 Å². The van der Waals surface area contributed by atoms with E-state index in [1.165, 1.54) is 0 Å². The van der Waals surface area contributed by atoms with Gasteiger partial charge in [0.1, 0.15) is 6.10 Å². The van der Waals surface area contributed by atoms with E-state index in [-0.39, 0.29) is 18.8 Å². The van der Waals surface area contributed by atoms with Crippen LogP contribution in [0.25, 0.3) is 0 Å². The van der Waals surface area contributed by atoms with Crippen LogP contribution in [0.15, 0.2) is 12.2 Å². The monoisotopic (exact) mass is 332 g/mol. The molecule has 124 valence electrons. The second kappa shape index (κ2) is 5.67. The normalized spacial score (nSPS) is 21.1. The number of rotatable bonds is 7. The Hall–Kier alpha value is -0.970. The molecule has 0 spiro atoms. The minimum absolute atomic E-state index is 0.0367. The van der Waals surface area contributed by atoms with Crippen molar-refractivity contribution >= 4 is 0 Å². The molecule has 1 unspecified atom stereocenters. The maximum atomic E-state index is 12.9. The van der Waals surface area contributed by atoms with Gasteiger partial charge in [0.15, 0.2) is 0 Å². The molecule has 0 aromatic carbocycles. The lowest BCUT2D eigenvalue weighted by atomic mass is 10.0. The minimum Gasteiger partial charge on any atom is -0.375 e. The van der Waals surface area contributed by atoms with Gasteiger partial charge in [-0.25, -0.2) is 0 Å². The summed E-state index contributed by atoms with van der Waals surface area (Å²) in [6.45, 7) is -0.329. The Bertz CT molecular complexity index is 384. The molecule has 1 atom stereocenters. The molecule has 0 aromatic heterocycles. The van der Waals surface area contributed by atoms with Crippen LogP contribution < -0.4 is 0 Å². The summed E-state index contributed by atoms with van der Waals surface area (Å²) in [7, 11) is 0. The third-order valence-corrected chi connectivity index (χ3v) is 2.42. The quantitative estimate of drug-likeness (QED) is 0.308. The molecule has 0 aromatic rings. The maximum absolute atomic E-state index is 12.9. The molecule has 2 nitrogen and oxygen atoms in total. The zero-order valence-electron chi connectivity index (χ0n) is 10.1. The lowest BCUT2D eigenvalue weighted by Gasteiger charge is -2.32. The van der Waals surface area contributed by atoms with Crippen LogP contribution in [0.1, 0.15) is 0 Å². The SMILES string of the molecule is FC(F)(F)C(F)(F)C(F)(F)C(F)(F)C=CCOCC1CO1. The van der Waals surface area contributed by atoms with Crippen molar-refractivity contribution in [2.24, 2.45) is 0 Å². The second-order valence-corrected chi connectivity index (χ2v) is 4.16. The predicted octanol–water partition coefficient (Wildman–Crippen LogP) is 3.43. The lowest BCUT2D eigenvalue weighted by Crippen LogP contribution is -2.60. The standard InChI is InChI=1S/C10H9F9O2/c11-7(12,2-1-3-20-4-6-5-21-6)8(13,14)9(15,16)10(17,18)19/h1-2,6H,3-5H2. The van der Waals surface area contributed by atoms with Gasteiger partial charge >= 0.3 is 23.9 Å². The van der Waals surface area contributed by atoms with E-state index in [9.17, 15) is 39.5 Å². The van der Waals surface area contributed by atoms with Crippen LogP contribution in [0.2, 0.25) is 0 Å². The molecular formula is C10H9F9O2. The fourth-order valence-electron chi connectivity index (χ4n) is 1.12. The Morgan fingerprint density at radius 3 is 1.90 bits per heavy atom. The largest absolute Gasteiger partial charge is 0.460 e. The van der Waals surface area contributed by atoms with Crippen molar-refractivity contribution in [3.63, 3.8) is 0 Å². The average Bonchev–Trinajstić information content (AvgIpc) is 3.10. The van der Waals surface area contributed by atoms with Crippen LogP contribution in [-0.4, -0.2) is 49.9 Å². The number of ether oxygens (including phenoxy) is 2. The minimum atomic E-state index is -6.88. The number of allylic oxidation sites excluding steroid dienone is 1. The summed E-state index contributed by atoms with van der Waals surface area (Å²) in [4.78, 5) is 0. The molecule has 1 fully saturated rings. The van der Waals surface area contributed by atoms with Gasteiger partial charge in [0.05, 0.1) is 19.8 Å². The highest BCUT2D eigenvalue weighted by atomic mass is 19.4. The van der Waals surface area contributed by atoms with Crippen molar-refractivity contribution < 1.29 is 49.0 Å². The van der Waals surface area contributed by atoms with Crippen molar-refractivity contribution in [2.45, 2.75) is 30.0 Å². The Morgan fingerprint density at radius 1 is 0.952 bits per heavy atom. The zero-order valence-corrected chi connectivity index (χ0v) is 10.1. The van der Waals surface area contributed by atoms with Crippen LogP contribution in [0.5, 0.6) is 0 Å². The van der Waals surface area contributed by atoms with E-state index < -0.39 is 36.6 Å². The first-order valence-electron chi connectivity index (χ1n) is 5.40. The molecule has 0 bridgehead atoms. The zero-order chi connectivity index (χ0) is 16.5. The van der Waals surface area contributed by atoms with Gasteiger partial charge in [-0.3, -0.25) is 0 Å². The third kappa shape index (κ3) is 3.82. The molecule has 1 heterocycles. The fraction of sp³-hybridized carbons (Fsp3) is 0.800. The van der Waals surface area contributed by atoms with E-state index >= 15 is 0 Å². The molecule has 1 saturated heterocycles. The highest BCUT2D eigenvalue weighted by Gasteiger charge is 2.81. The van der Waals surface area contributed by atoms with E-state index in [1.54, 1.807) is 0 Å². The van der Waals surface area contributed by atoms with Gasteiger partial charge < -0.3 is 9.47 Å². The molecule has 1 rings (SSSR count). The van der Waals surface area contributed by atoms with E-state index in [0.717, 1.165) is 0 Å². The van der Waals surface area contributed by atoms with Gasteiger partial charge in [-0.15, -0.1) is 0 Å². The van der Waals surface area contributed by atoms with Gasteiger partial charge in [0, 0.05) is 0 Å². The summed E-state index contributed by atoms with van der Waals surface area (Å²) in [6, 6.07) is 0. The first-order chi connectivity index (χ1) is 9.33.